The first-order valence-electron chi connectivity index (χ1n) is 9.61. The standard InChI is InChI=1S/C19H37NO3.Na.H/c1-2-3-4-5-6-7-8-9-10-11-12-13-14-15-18(21)16-20-17-19(22)23;;/h20H,2-17H2,1H3,(H,22,23);;/q;+1;-1. The average molecular weight is 352 g/mol. The van der Waals surface area contributed by atoms with Crippen LogP contribution in [0.1, 0.15) is 98.2 Å². The fraction of sp³-hybridized carbons (Fsp3) is 0.895. The van der Waals surface area contributed by atoms with E-state index in [1.165, 1.54) is 70.6 Å². The second kappa shape index (κ2) is 21.1. The summed E-state index contributed by atoms with van der Waals surface area (Å²) < 4.78 is 0. The van der Waals surface area contributed by atoms with Gasteiger partial charge in [-0.05, 0) is 6.42 Å². The molecule has 0 aromatic rings. The second-order valence-electron chi connectivity index (χ2n) is 6.53. The number of carbonyl (C=O) groups excluding carboxylic acids is 1. The molecule has 0 aromatic carbocycles. The number of rotatable bonds is 18. The number of hydrogen-bond acceptors (Lipinski definition) is 3. The van der Waals surface area contributed by atoms with Crippen LogP contribution in [-0.4, -0.2) is 29.9 Å². The van der Waals surface area contributed by atoms with Gasteiger partial charge >= 0.3 is 35.5 Å². The van der Waals surface area contributed by atoms with Crippen LogP contribution in [-0.2, 0) is 9.59 Å². The Balaban J connectivity index is -0.00000242. The molecule has 4 nitrogen and oxygen atoms in total. The molecule has 0 atom stereocenters. The summed E-state index contributed by atoms with van der Waals surface area (Å²) in [4.78, 5) is 21.8. The average Bonchev–Trinajstić information content (AvgIpc) is 2.51. The van der Waals surface area contributed by atoms with Crippen LogP contribution in [0.25, 0.3) is 0 Å². The van der Waals surface area contributed by atoms with Gasteiger partial charge in [0.1, 0.15) is 5.78 Å². The van der Waals surface area contributed by atoms with E-state index in [4.69, 9.17) is 5.11 Å². The molecule has 5 heteroatoms. The van der Waals surface area contributed by atoms with Crippen molar-refractivity contribution in [1.82, 2.24) is 5.32 Å². The molecule has 0 saturated heterocycles. The number of carboxylic acid groups (broad SMARTS) is 1. The van der Waals surface area contributed by atoms with Crippen molar-refractivity contribution in [2.75, 3.05) is 13.1 Å². The number of ketones is 1. The summed E-state index contributed by atoms with van der Waals surface area (Å²) in [6, 6.07) is 0. The molecule has 0 aliphatic heterocycles. The smallest absolute Gasteiger partial charge is 1.00 e. The van der Waals surface area contributed by atoms with Crippen molar-refractivity contribution < 1.29 is 45.7 Å². The Hall–Kier alpha value is 0.100. The summed E-state index contributed by atoms with van der Waals surface area (Å²) in [5.41, 5.74) is 0. The maximum absolute atomic E-state index is 11.5. The van der Waals surface area contributed by atoms with E-state index >= 15 is 0 Å². The fourth-order valence-electron chi connectivity index (χ4n) is 2.74. The minimum absolute atomic E-state index is 0. The van der Waals surface area contributed by atoms with Gasteiger partial charge in [-0.1, -0.05) is 84.0 Å². The predicted octanol–water partition coefficient (Wildman–Crippen LogP) is 1.83. The van der Waals surface area contributed by atoms with E-state index in [2.05, 4.69) is 12.2 Å². The Morgan fingerprint density at radius 2 is 1.17 bits per heavy atom. The Morgan fingerprint density at radius 1 is 0.750 bits per heavy atom. The summed E-state index contributed by atoms with van der Waals surface area (Å²) in [6.45, 7) is 2.31. The Kier molecular flexibility index (Phi) is 23.2. The number of aliphatic carboxylic acids is 1. The zero-order chi connectivity index (χ0) is 17.2. The zero-order valence-electron chi connectivity index (χ0n) is 17.1. The number of carboxylic acids is 1. The third-order valence-corrected chi connectivity index (χ3v) is 4.16. The SMILES string of the molecule is CCCCCCCCCCCCCCCC(=O)CNCC(=O)O.[H-].[Na+]. The van der Waals surface area contributed by atoms with E-state index in [9.17, 15) is 9.59 Å². The summed E-state index contributed by atoms with van der Waals surface area (Å²) in [5, 5.41) is 11.1. The van der Waals surface area contributed by atoms with E-state index in [1.54, 1.807) is 0 Å². The Labute approximate surface area is 172 Å². The van der Waals surface area contributed by atoms with E-state index in [-0.39, 0.29) is 49.9 Å². The van der Waals surface area contributed by atoms with Gasteiger partial charge in [0.2, 0.25) is 0 Å². The monoisotopic (exact) mass is 351 g/mol. The molecule has 0 amide bonds. The third kappa shape index (κ3) is 22.1. The van der Waals surface area contributed by atoms with Gasteiger partial charge < -0.3 is 11.8 Å². The third-order valence-electron chi connectivity index (χ3n) is 4.16. The van der Waals surface area contributed by atoms with Crippen LogP contribution in [0.4, 0.5) is 0 Å². The first kappa shape index (κ1) is 26.3. The number of hydrogen-bond donors (Lipinski definition) is 2. The zero-order valence-corrected chi connectivity index (χ0v) is 18.1. The summed E-state index contributed by atoms with van der Waals surface area (Å²) >= 11 is 0. The molecule has 0 saturated carbocycles. The van der Waals surface area contributed by atoms with Crippen LogP contribution in [0.3, 0.4) is 0 Å². The number of unbranched alkanes of at least 4 members (excludes halogenated alkanes) is 12. The van der Waals surface area contributed by atoms with E-state index < -0.39 is 5.97 Å². The molecule has 0 aromatic heterocycles. The van der Waals surface area contributed by atoms with Gasteiger partial charge in [0, 0.05) is 6.42 Å². The van der Waals surface area contributed by atoms with Crippen molar-refractivity contribution in [1.29, 1.82) is 0 Å². The molecule has 0 spiro atoms. The molecule has 0 aliphatic rings. The van der Waals surface area contributed by atoms with Crippen molar-refractivity contribution >= 4 is 11.8 Å². The second-order valence-corrected chi connectivity index (χ2v) is 6.53. The number of carbonyl (C=O) groups is 2. The van der Waals surface area contributed by atoms with Gasteiger partial charge in [-0.2, -0.15) is 0 Å². The van der Waals surface area contributed by atoms with E-state index in [0.29, 0.717) is 6.42 Å². The first-order chi connectivity index (χ1) is 11.2. The van der Waals surface area contributed by atoms with Gasteiger partial charge in [-0.25, -0.2) is 0 Å². The van der Waals surface area contributed by atoms with Crippen LogP contribution >= 0.6 is 0 Å². The van der Waals surface area contributed by atoms with Gasteiger partial charge in [0.15, 0.2) is 0 Å². The van der Waals surface area contributed by atoms with Crippen molar-refractivity contribution in [2.24, 2.45) is 0 Å². The molecular weight excluding hydrogens is 313 g/mol. The van der Waals surface area contributed by atoms with Crippen molar-refractivity contribution in [3.05, 3.63) is 0 Å². The van der Waals surface area contributed by atoms with Crippen LogP contribution in [0.15, 0.2) is 0 Å². The van der Waals surface area contributed by atoms with E-state index in [1.807, 2.05) is 0 Å². The number of nitrogens with one attached hydrogen (secondary N) is 1. The first-order valence-corrected chi connectivity index (χ1v) is 9.61. The Bertz CT molecular complexity index is 304. The molecule has 138 valence electrons. The molecule has 2 N–H and O–H groups in total. The molecule has 0 aliphatic carbocycles. The summed E-state index contributed by atoms with van der Waals surface area (Å²) in [5.74, 6) is -0.798. The minimum Gasteiger partial charge on any atom is -1.00 e. The summed E-state index contributed by atoms with van der Waals surface area (Å²) in [7, 11) is 0. The quantitative estimate of drug-likeness (QED) is 0.292. The largest absolute Gasteiger partial charge is 1.00 e. The predicted molar refractivity (Wildman–Crippen MR) is 96.9 cm³/mol. The van der Waals surface area contributed by atoms with Crippen molar-refractivity contribution in [3.8, 4) is 0 Å². The molecule has 0 fully saturated rings. The Morgan fingerprint density at radius 3 is 1.58 bits per heavy atom. The molecule has 24 heavy (non-hydrogen) atoms. The van der Waals surface area contributed by atoms with Gasteiger partial charge in [0.05, 0.1) is 13.1 Å². The van der Waals surface area contributed by atoms with E-state index in [0.717, 1.165) is 12.8 Å². The van der Waals surface area contributed by atoms with Crippen LogP contribution in [0.2, 0.25) is 0 Å². The maximum atomic E-state index is 11.5. The van der Waals surface area contributed by atoms with Crippen LogP contribution in [0.5, 0.6) is 0 Å². The van der Waals surface area contributed by atoms with Crippen molar-refractivity contribution in [3.63, 3.8) is 0 Å². The molecule has 0 radical (unpaired) electrons. The minimum atomic E-state index is -0.918. The molecular formula is C19H38NNaO3. The van der Waals surface area contributed by atoms with Gasteiger partial charge in [0.25, 0.3) is 0 Å². The summed E-state index contributed by atoms with van der Waals surface area (Å²) in [6.07, 6.45) is 17.5. The topological polar surface area (TPSA) is 66.4 Å². The normalized spacial score (nSPS) is 10.4. The number of Topliss-reactive ketones (excluding diaryl/α,β-unsaturated/α-hetero) is 1. The fourth-order valence-corrected chi connectivity index (χ4v) is 2.74. The molecule has 0 rings (SSSR count). The maximum Gasteiger partial charge on any atom is 1.00 e. The molecule has 0 unspecified atom stereocenters. The van der Waals surface area contributed by atoms with Crippen molar-refractivity contribution in [2.45, 2.75) is 96.8 Å². The van der Waals surface area contributed by atoms with Crippen LogP contribution < -0.4 is 34.9 Å². The van der Waals surface area contributed by atoms with Gasteiger partial charge in [-0.3, -0.25) is 9.59 Å². The van der Waals surface area contributed by atoms with Crippen LogP contribution in [0, 0.1) is 0 Å². The molecule has 0 bridgehead atoms. The molecule has 0 heterocycles. The van der Waals surface area contributed by atoms with Gasteiger partial charge in [-0.15, -0.1) is 0 Å².